The summed E-state index contributed by atoms with van der Waals surface area (Å²) in [4.78, 5) is 36.1. The fourth-order valence-electron chi connectivity index (χ4n) is 1.84. The average Bonchev–Trinajstić information content (AvgIpc) is 2.52. The smallest absolute Gasteiger partial charge is 0.221 e. The molecular weight excluding hydrogens is 300 g/mol. The molecule has 0 rings (SSSR count). The first-order valence-electron chi connectivity index (χ1n) is 7.90. The Labute approximate surface area is 137 Å². The van der Waals surface area contributed by atoms with Crippen LogP contribution >= 0.6 is 0 Å². The van der Waals surface area contributed by atoms with Gasteiger partial charge in [0, 0.05) is 72.1 Å². The number of rotatable bonds is 13. The van der Waals surface area contributed by atoms with Crippen molar-refractivity contribution >= 4 is 17.7 Å². The Morgan fingerprint density at radius 3 is 1.65 bits per heavy atom. The first kappa shape index (κ1) is 21.3. The van der Waals surface area contributed by atoms with Crippen LogP contribution in [0, 0.1) is 0 Å². The number of carbonyl (C=O) groups is 3. The first-order valence-corrected chi connectivity index (χ1v) is 7.90. The van der Waals surface area contributed by atoms with Crippen molar-refractivity contribution in [3.05, 3.63) is 0 Å². The van der Waals surface area contributed by atoms with Gasteiger partial charge in [-0.15, -0.1) is 0 Å². The average molecular weight is 330 g/mol. The van der Waals surface area contributed by atoms with Crippen LogP contribution in [-0.4, -0.2) is 75.0 Å². The lowest BCUT2D eigenvalue weighted by atomic mass is 10.3. The summed E-state index contributed by atoms with van der Waals surface area (Å²) in [5.41, 5.74) is 10.7. The number of hydrogen-bond acceptors (Lipinski definition) is 6. The summed E-state index contributed by atoms with van der Waals surface area (Å²) in [5, 5.41) is 8.11. The molecule has 0 aliphatic heterocycles. The molecule has 0 aromatic rings. The van der Waals surface area contributed by atoms with E-state index in [-0.39, 0.29) is 17.7 Å². The van der Waals surface area contributed by atoms with Gasteiger partial charge >= 0.3 is 0 Å². The molecule has 23 heavy (non-hydrogen) atoms. The van der Waals surface area contributed by atoms with Gasteiger partial charge in [0.15, 0.2) is 0 Å². The quantitative estimate of drug-likeness (QED) is 0.250. The van der Waals surface area contributed by atoms with Crippen LogP contribution in [0.2, 0.25) is 0 Å². The summed E-state index contributed by atoms with van der Waals surface area (Å²) in [7, 11) is 0. The molecule has 0 bridgehead atoms. The molecule has 0 radical (unpaired) electrons. The largest absolute Gasteiger partial charge is 0.355 e. The molecular formula is C14H30N6O3. The first-order chi connectivity index (χ1) is 11.0. The zero-order valence-electron chi connectivity index (χ0n) is 13.9. The highest BCUT2D eigenvalue weighted by Gasteiger charge is 2.10. The summed E-state index contributed by atoms with van der Waals surface area (Å²) >= 11 is 0. The Hall–Kier alpha value is -1.71. The lowest BCUT2D eigenvalue weighted by Gasteiger charge is -2.22. The van der Waals surface area contributed by atoms with Crippen molar-refractivity contribution in [2.45, 2.75) is 19.8 Å². The lowest BCUT2D eigenvalue weighted by molar-refractivity contribution is -0.122. The van der Waals surface area contributed by atoms with Gasteiger partial charge in [-0.3, -0.25) is 14.4 Å². The van der Waals surface area contributed by atoms with Gasteiger partial charge in [-0.25, -0.2) is 0 Å². The molecule has 9 heteroatoms. The van der Waals surface area contributed by atoms with Crippen molar-refractivity contribution in [2.75, 3.05) is 52.4 Å². The molecule has 0 unspecified atom stereocenters. The van der Waals surface area contributed by atoms with Gasteiger partial charge in [-0.2, -0.15) is 0 Å². The third-order valence-electron chi connectivity index (χ3n) is 3.05. The molecule has 0 saturated heterocycles. The van der Waals surface area contributed by atoms with Crippen LogP contribution in [0.25, 0.3) is 0 Å². The van der Waals surface area contributed by atoms with E-state index in [9.17, 15) is 14.4 Å². The Kier molecular flexibility index (Phi) is 12.9. The molecule has 0 aliphatic carbocycles. The van der Waals surface area contributed by atoms with E-state index >= 15 is 0 Å². The zero-order valence-corrected chi connectivity index (χ0v) is 13.9. The fraction of sp³-hybridized carbons (Fsp3) is 0.786. The Balaban J connectivity index is 4.18. The molecule has 0 atom stereocenters. The molecule has 0 heterocycles. The minimum Gasteiger partial charge on any atom is -0.355 e. The van der Waals surface area contributed by atoms with Crippen LogP contribution in [0.1, 0.15) is 19.8 Å². The Morgan fingerprint density at radius 2 is 1.26 bits per heavy atom. The van der Waals surface area contributed by atoms with E-state index in [4.69, 9.17) is 11.5 Å². The van der Waals surface area contributed by atoms with Crippen LogP contribution < -0.4 is 27.4 Å². The lowest BCUT2D eigenvalue weighted by Crippen LogP contribution is -2.39. The number of carbonyl (C=O) groups excluding carboxylic acids is 3. The predicted molar refractivity (Wildman–Crippen MR) is 88.5 cm³/mol. The van der Waals surface area contributed by atoms with Crippen LogP contribution in [0.15, 0.2) is 0 Å². The van der Waals surface area contributed by atoms with Crippen LogP contribution in [0.3, 0.4) is 0 Å². The van der Waals surface area contributed by atoms with Gasteiger partial charge in [0.05, 0.1) is 0 Å². The minimum absolute atomic E-state index is 0.0763. The minimum atomic E-state index is -0.105. The molecule has 0 aromatic carbocycles. The highest BCUT2D eigenvalue weighted by Crippen LogP contribution is 1.95. The van der Waals surface area contributed by atoms with Gasteiger partial charge in [0.1, 0.15) is 0 Å². The molecule has 0 fully saturated rings. The predicted octanol–water partition coefficient (Wildman–Crippen LogP) is -2.65. The van der Waals surface area contributed by atoms with E-state index in [1.54, 1.807) is 0 Å². The fourth-order valence-corrected chi connectivity index (χ4v) is 1.84. The van der Waals surface area contributed by atoms with Crippen molar-refractivity contribution in [3.8, 4) is 0 Å². The number of hydrogen-bond donors (Lipinski definition) is 5. The highest BCUT2D eigenvalue weighted by molar-refractivity contribution is 5.76. The van der Waals surface area contributed by atoms with Crippen molar-refractivity contribution in [1.29, 1.82) is 0 Å². The van der Waals surface area contributed by atoms with E-state index in [2.05, 4.69) is 16.0 Å². The summed E-state index contributed by atoms with van der Waals surface area (Å²) in [6.07, 6.45) is 0.648. The van der Waals surface area contributed by atoms with E-state index in [1.807, 2.05) is 4.90 Å². The maximum Gasteiger partial charge on any atom is 0.221 e. The summed E-state index contributed by atoms with van der Waals surface area (Å²) in [6.45, 7) is 5.24. The summed E-state index contributed by atoms with van der Waals surface area (Å²) < 4.78 is 0. The topological polar surface area (TPSA) is 143 Å². The van der Waals surface area contributed by atoms with Gasteiger partial charge in [0.2, 0.25) is 17.7 Å². The molecule has 7 N–H and O–H groups in total. The molecule has 0 aliphatic rings. The second-order valence-electron chi connectivity index (χ2n) is 5.10. The Bertz CT molecular complexity index is 340. The number of amides is 3. The van der Waals surface area contributed by atoms with Crippen molar-refractivity contribution in [3.63, 3.8) is 0 Å². The molecule has 0 aromatic heterocycles. The Morgan fingerprint density at radius 1 is 0.783 bits per heavy atom. The normalized spacial score (nSPS) is 10.4. The molecule has 3 amide bonds. The molecule has 134 valence electrons. The van der Waals surface area contributed by atoms with Crippen molar-refractivity contribution in [2.24, 2.45) is 11.5 Å². The van der Waals surface area contributed by atoms with Crippen LogP contribution in [0.4, 0.5) is 0 Å². The van der Waals surface area contributed by atoms with E-state index in [1.165, 1.54) is 6.92 Å². The number of nitrogens with one attached hydrogen (secondary N) is 3. The number of nitrogens with two attached hydrogens (primary N) is 2. The van der Waals surface area contributed by atoms with Crippen LogP contribution in [0.5, 0.6) is 0 Å². The van der Waals surface area contributed by atoms with E-state index < -0.39 is 0 Å². The maximum atomic E-state index is 11.6. The van der Waals surface area contributed by atoms with Gasteiger partial charge in [-0.05, 0) is 0 Å². The highest BCUT2D eigenvalue weighted by atomic mass is 16.2. The number of nitrogens with zero attached hydrogens (tertiary/aromatic N) is 1. The standard InChI is InChI=1S/C14H30N6O3/c1-12(21)17-8-11-20(9-2-13(22)18-6-4-15)10-3-14(23)19-7-5-16/h2-11,15-16H2,1H3,(H,17,21)(H,18,22)(H,19,23). The SMILES string of the molecule is CC(=O)NCCN(CCC(=O)NCCN)CCC(=O)NCCN. The summed E-state index contributed by atoms with van der Waals surface area (Å²) in [5.74, 6) is -0.258. The zero-order chi connectivity index (χ0) is 17.5. The van der Waals surface area contributed by atoms with Gasteiger partial charge in [0.25, 0.3) is 0 Å². The monoisotopic (exact) mass is 330 g/mol. The van der Waals surface area contributed by atoms with Gasteiger partial charge in [-0.1, -0.05) is 0 Å². The van der Waals surface area contributed by atoms with Crippen LogP contribution in [-0.2, 0) is 14.4 Å². The maximum absolute atomic E-state index is 11.6. The third kappa shape index (κ3) is 13.7. The second-order valence-corrected chi connectivity index (χ2v) is 5.10. The van der Waals surface area contributed by atoms with E-state index in [0.29, 0.717) is 65.2 Å². The van der Waals surface area contributed by atoms with Crippen molar-refractivity contribution < 1.29 is 14.4 Å². The molecule has 0 spiro atoms. The second kappa shape index (κ2) is 13.9. The van der Waals surface area contributed by atoms with Gasteiger partial charge < -0.3 is 32.3 Å². The molecule has 9 nitrogen and oxygen atoms in total. The molecule has 0 saturated carbocycles. The third-order valence-corrected chi connectivity index (χ3v) is 3.05. The van der Waals surface area contributed by atoms with E-state index in [0.717, 1.165) is 0 Å². The summed E-state index contributed by atoms with van der Waals surface area (Å²) in [6, 6.07) is 0. The van der Waals surface area contributed by atoms with Crippen molar-refractivity contribution in [1.82, 2.24) is 20.9 Å².